The van der Waals surface area contributed by atoms with Gasteiger partial charge in [-0.2, -0.15) is 17.4 Å². The summed E-state index contributed by atoms with van der Waals surface area (Å²) in [5.41, 5.74) is 16.6. The summed E-state index contributed by atoms with van der Waals surface area (Å²) in [4.78, 5) is 60.3. The van der Waals surface area contributed by atoms with Crippen molar-refractivity contribution < 1.29 is 143 Å². The molecule has 0 saturated carbocycles. The molecule has 0 N–H and O–H groups in total. The molecule has 17 rings (SSSR count). The number of benzene rings is 5. The van der Waals surface area contributed by atoms with Crippen molar-refractivity contribution in [3.63, 3.8) is 0 Å². The molecule has 0 amide bonds. The van der Waals surface area contributed by atoms with Crippen LogP contribution in [0.2, 0.25) is 5.02 Å². The van der Waals surface area contributed by atoms with Crippen LogP contribution in [0, 0.1) is 107 Å². The van der Waals surface area contributed by atoms with Crippen molar-refractivity contribution >= 4 is 45.8 Å². The van der Waals surface area contributed by atoms with Crippen molar-refractivity contribution in [2.24, 2.45) is 37.9 Å². The average Bonchev–Trinajstić information content (AvgIpc) is 1.60. The zero-order chi connectivity index (χ0) is 91.1. The van der Waals surface area contributed by atoms with Crippen molar-refractivity contribution in [2.45, 2.75) is 127 Å². The van der Waals surface area contributed by atoms with Crippen LogP contribution in [0.25, 0.3) is 101 Å². The van der Waals surface area contributed by atoms with E-state index in [0.717, 1.165) is 131 Å². The largest absolute Gasteiger partial charge is 0.497 e. The van der Waals surface area contributed by atoms with Crippen molar-refractivity contribution in [3.05, 3.63) is 264 Å². The molecule has 707 valence electrons. The van der Waals surface area contributed by atoms with Crippen molar-refractivity contribution in [1.29, 1.82) is 5.26 Å². The number of nitrogens with zero attached hydrogens (tertiary/aromatic N) is 18. The minimum atomic E-state index is -0.971. The number of ether oxygens (including phenoxy) is 6. The zero-order valence-electron chi connectivity index (χ0n) is 77.0. The number of hydrogen-bond donors (Lipinski definition) is 0. The molecular formula is C99H104ClIr5N18O9S-5. The first-order valence-corrected chi connectivity index (χ1v) is 43.1. The standard InChI is InChI=1S/C31H38N5O5.C21H16ClN2S.C17H15N4O2.C16H17N4O.C14H18N3O.5Ir/c1-21(16-32)8-9-31(6,19-30(4,5)28(37)39-7)29(38)41-13-12-40-25-14-22(2)26(23(3)15-25)36-11-10-35-27(36)24-17-33-20-34-18-24;1-14-5-3-6-15(2)19(14)16-7-4-8-17(13-16)20-23-10-11-24(20)21-18(22)9-12-25-21;1-11-16(13-10-12(22-3)4-5-15(13)20(11)2)21-8-7-18-17(21)14-6-9-23-19-14;1-11-7-13(21-4)8-12(2)15(11)20-6-5-17-16(20)14-9-19(3)10-18-14;1-11-13(4-3-9-18-11)17-8-6-15-14(17)12-5-7-16(2)10-12;;;;;/h10-11,14-15,17,20-21H,8-9,12-13,19H2,1-7H3;3-7,9-13H,1-2H3;4-5,7-10H,1-3H3;5-8,10H,1-4H3;5-8,11,13H,3-4,9H2,1-2H3;;;;;/q5*-1;;;;;. The molecule has 11 aromatic heterocycles. The number of thiophene rings is 1. The minimum Gasteiger partial charge on any atom is -0.497 e. The summed E-state index contributed by atoms with van der Waals surface area (Å²) >= 11 is 7.91. The topological polar surface area (TPSA) is 282 Å². The molecule has 27 nitrogen and oxygen atoms in total. The Morgan fingerprint density at radius 1 is 0.639 bits per heavy atom. The van der Waals surface area contributed by atoms with Crippen LogP contribution in [0.3, 0.4) is 0 Å². The number of halogens is 1. The molecule has 1 saturated heterocycles. The zero-order valence-corrected chi connectivity index (χ0v) is 90.5. The number of carbonyl (C=O) groups is 2. The molecule has 0 spiro atoms. The second-order valence-corrected chi connectivity index (χ2v) is 33.7. The van der Waals surface area contributed by atoms with E-state index in [1.807, 2.05) is 168 Å². The number of methoxy groups -OCH3 is 3. The van der Waals surface area contributed by atoms with Gasteiger partial charge in [-0.25, -0.2) is 0 Å². The van der Waals surface area contributed by atoms with Gasteiger partial charge in [-0.1, -0.05) is 59.5 Å². The van der Waals surface area contributed by atoms with E-state index in [1.54, 1.807) is 88.2 Å². The van der Waals surface area contributed by atoms with E-state index in [4.69, 9.17) is 44.5 Å². The molecule has 4 unspecified atom stereocenters. The molecule has 12 heterocycles. The maximum absolute atomic E-state index is 13.3. The Morgan fingerprint density at radius 2 is 1.25 bits per heavy atom. The number of carbonyl (C=O) groups excluding carboxylic acids is 2. The van der Waals surface area contributed by atoms with Crippen LogP contribution in [-0.4, -0.2) is 141 Å². The summed E-state index contributed by atoms with van der Waals surface area (Å²) in [6, 6.07) is 39.3. The van der Waals surface area contributed by atoms with Crippen LogP contribution in [0.5, 0.6) is 17.2 Å². The Balaban J connectivity index is 0.000000209. The van der Waals surface area contributed by atoms with Crippen LogP contribution in [0.15, 0.2) is 194 Å². The quantitative estimate of drug-likeness (QED) is 0.0309. The van der Waals surface area contributed by atoms with Gasteiger partial charge in [-0.15, -0.1) is 58.1 Å². The first-order valence-electron chi connectivity index (χ1n) is 41.9. The molecule has 133 heavy (non-hydrogen) atoms. The normalized spacial score (nSPS) is 13.2. The van der Waals surface area contributed by atoms with Gasteiger partial charge in [0.15, 0.2) is 0 Å². The van der Waals surface area contributed by atoms with E-state index in [1.165, 1.54) is 42.0 Å². The summed E-state index contributed by atoms with van der Waals surface area (Å²) < 4.78 is 54.0. The van der Waals surface area contributed by atoms with Crippen LogP contribution < -0.4 is 14.2 Å². The van der Waals surface area contributed by atoms with Gasteiger partial charge in [-0.05, 0) is 246 Å². The van der Waals surface area contributed by atoms with Gasteiger partial charge in [0.2, 0.25) is 0 Å². The second-order valence-electron chi connectivity index (χ2n) is 32.4. The maximum Gasteiger partial charge on any atom is 0.311 e. The summed E-state index contributed by atoms with van der Waals surface area (Å²) in [5, 5.41) is 17.9. The molecule has 16 aromatic rings. The first kappa shape index (κ1) is 108. The van der Waals surface area contributed by atoms with Gasteiger partial charge < -0.3 is 89.4 Å². The molecule has 5 aromatic carbocycles. The fourth-order valence-electron chi connectivity index (χ4n) is 16.3. The number of aromatic nitrogens is 17. The molecule has 5 radical (unpaired) electrons. The first-order chi connectivity index (χ1) is 61.6. The molecule has 1 fully saturated rings. The van der Waals surface area contributed by atoms with Crippen molar-refractivity contribution in [3.8, 4) is 114 Å². The predicted octanol–water partition coefficient (Wildman–Crippen LogP) is 19.8. The molecular weight excluding hydrogens is 2610 g/mol. The van der Waals surface area contributed by atoms with Gasteiger partial charge in [0.25, 0.3) is 0 Å². The summed E-state index contributed by atoms with van der Waals surface area (Å²) in [6.45, 7) is 24.8. The van der Waals surface area contributed by atoms with E-state index in [-0.39, 0.29) is 132 Å². The van der Waals surface area contributed by atoms with E-state index in [2.05, 4.69) is 169 Å². The third-order valence-electron chi connectivity index (χ3n) is 22.6. The second kappa shape index (κ2) is 49.1. The Kier molecular flexibility index (Phi) is 39.8. The number of imidazole rings is 6. The summed E-state index contributed by atoms with van der Waals surface area (Å²) in [6.07, 6.45) is 39.8. The van der Waals surface area contributed by atoms with Crippen LogP contribution >= 0.6 is 22.9 Å². The van der Waals surface area contributed by atoms with E-state index >= 15 is 0 Å². The van der Waals surface area contributed by atoms with E-state index in [9.17, 15) is 14.9 Å². The number of fused-ring (bicyclic) bond motifs is 1. The molecule has 4 atom stereocenters. The fraction of sp³-hybridized carbons (Fsp3) is 0.313. The fourth-order valence-corrected chi connectivity index (χ4v) is 17.5. The third-order valence-corrected chi connectivity index (χ3v) is 23.9. The summed E-state index contributed by atoms with van der Waals surface area (Å²) in [7, 11) is 10.6. The van der Waals surface area contributed by atoms with Gasteiger partial charge in [0.1, 0.15) is 35.5 Å². The number of esters is 2. The maximum atomic E-state index is 13.3. The Morgan fingerprint density at radius 3 is 1.82 bits per heavy atom. The van der Waals surface area contributed by atoms with E-state index in [0.29, 0.717) is 47.5 Å². The van der Waals surface area contributed by atoms with E-state index < -0.39 is 22.8 Å². The third kappa shape index (κ3) is 25.4. The Labute approximate surface area is 852 Å². The van der Waals surface area contributed by atoms with Gasteiger partial charge >= 0.3 is 11.9 Å². The average molecular weight is 2720 g/mol. The minimum absolute atomic E-state index is 0. The smallest absolute Gasteiger partial charge is 0.311 e. The molecule has 1 aliphatic rings. The SMILES string of the molecule is CC1OCCCC1n1ccnc1-c1[c-]n(C)cc1.COC(=O)C(C)(C)CC(C)(CCC(C)C#N)C(=O)OCCOc1cc(C)c(-n2ccnc2-c2[c-]ncnc2)c(C)c1.COc1cc(C)c(-n2ccnc2-c2[c-]n(C)cn2)c(C)c1.COc1ccc2c(c1)c(-n1ccnc1-c1[c-]con1)c(C)n2C.Cc1cccc(C)c1-c1cc[c-]c(-c2nccn2-c2sccc2Cl)c1.[Ir].[Ir].[Ir].[Ir].[Ir]. The molecule has 1 aliphatic heterocycles. The number of nitriles is 1. The van der Waals surface area contributed by atoms with Crippen LogP contribution in [-0.2, 0) is 145 Å². The molecule has 0 aliphatic carbocycles. The van der Waals surface area contributed by atoms with Crippen molar-refractivity contribution in [2.75, 3.05) is 41.2 Å². The van der Waals surface area contributed by atoms with Crippen molar-refractivity contribution in [1.82, 2.24) is 81.6 Å². The number of aryl methyl sites for hydroxylation is 9. The Bertz CT molecular complexity index is 6470. The van der Waals surface area contributed by atoms with Gasteiger partial charge in [-0.3, -0.25) is 29.5 Å². The summed E-state index contributed by atoms with van der Waals surface area (Å²) in [5.74, 6) is 5.26. The Hall–Kier alpha value is -10.5. The van der Waals surface area contributed by atoms with Crippen LogP contribution in [0.1, 0.15) is 112 Å². The predicted molar refractivity (Wildman–Crippen MR) is 493 cm³/mol. The monoisotopic (exact) mass is 2720 g/mol. The molecule has 34 heteroatoms. The van der Waals surface area contributed by atoms with Crippen LogP contribution in [0.4, 0.5) is 0 Å². The number of hydrogen-bond acceptors (Lipinski definition) is 20. The number of rotatable bonds is 24. The molecule has 0 bridgehead atoms. The van der Waals surface area contributed by atoms with Gasteiger partial charge in [0.05, 0.1) is 89.9 Å². The van der Waals surface area contributed by atoms with Gasteiger partial charge in [0, 0.05) is 223 Å².